The molecule has 1 aliphatic carbocycles. The zero-order chi connectivity index (χ0) is 9.80. The number of hydrogen-bond acceptors (Lipinski definition) is 3. The molecule has 0 aromatic carbocycles. The van der Waals surface area contributed by atoms with Gasteiger partial charge in [0.05, 0.1) is 12.7 Å². The molecule has 0 atom stereocenters. The van der Waals surface area contributed by atoms with Crippen molar-refractivity contribution in [3.63, 3.8) is 0 Å². The Balaban J connectivity index is 1.79. The summed E-state index contributed by atoms with van der Waals surface area (Å²) in [4.78, 5) is 4.09. The molecule has 0 spiro atoms. The highest BCUT2D eigenvalue weighted by Gasteiger charge is 2.15. The molecule has 3 nitrogen and oxygen atoms in total. The minimum Gasteiger partial charge on any atom is -0.444 e. The van der Waals surface area contributed by atoms with Crippen molar-refractivity contribution in [2.45, 2.75) is 45.1 Å². The third-order valence-electron chi connectivity index (χ3n) is 3.05. The van der Waals surface area contributed by atoms with Crippen molar-refractivity contribution in [1.29, 1.82) is 0 Å². The second-order valence-electron chi connectivity index (χ2n) is 4.11. The van der Waals surface area contributed by atoms with Gasteiger partial charge in [-0.3, -0.25) is 0 Å². The first-order valence-corrected chi connectivity index (χ1v) is 5.52. The Labute approximate surface area is 84.7 Å². The average molecular weight is 194 g/mol. The SMILES string of the molecule is NCc1ncc(CCC2CCCC2)o1. The summed E-state index contributed by atoms with van der Waals surface area (Å²) in [5.74, 6) is 2.57. The van der Waals surface area contributed by atoms with Crippen molar-refractivity contribution < 1.29 is 4.42 Å². The van der Waals surface area contributed by atoms with E-state index in [1.165, 1.54) is 32.1 Å². The first kappa shape index (κ1) is 9.71. The van der Waals surface area contributed by atoms with Crippen LogP contribution in [-0.4, -0.2) is 4.98 Å². The number of rotatable bonds is 4. The zero-order valence-corrected chi connectivity index (χ0v) is 8.54. The molecule has 1 aromatic rings. The molecular formula is C11H18N2O. The van der Waals surface area contributed by atoms with Gasteiger partial charge in [-0.15, -0.1) is 0 Å². The fourth-order valence-electron chi connectivity index (χ4n) is 2.20. The highest BCUT2D eigenvalue weighted by atomic mass is 16.4. The number of nitrogens with zero attached hydrogens (tertiary/aromatic N) is 1. The summed E-state index contributed by atoms with van der Waals surface area (Å²) >= 11 is 0. The van der Waals surface area contributed by atoms with E-state index < -0.39 is 0 Å². The maximum atomic E-state index is 5.46. The molecule has 0 unspecified atom stereocenters. The van der Waals surface area contributed by atoms with Gasteiger partial charge in [-0.1, -0.05) is 25.7 Å². The number of nitrogens with two attached hydrogens (primary N) is 1. The Bertz CT molecular complexity index is 277. The van der Waals surface area contributed by atoms with Gasteiger partial charge in [0.1, 0.15) is 5.76 Å². The van der Waals surface area contributed by atoms with Crippen LogP contribution >= 0.6 is 0 Å². The molecular weight excluding hydrogens is 176 g/mol. The Morgan fingerprint density at radius 1 is 1.43 bits per heavy atom. The van der Waals surface area contributed by atoms with Gasteiger partial charge in [0.2, 0.25) is 5.89 Å². The lowest BCUT2D eigenvalue weighted by molar-refractivity contribution is 0.423. The van der Waals surface area contributed by atoms with E-state index in [1.807, 2.05) is 6.20 Å². The van der Waals surface area contributed by atoms with Gasteiger partial charge in [-0.25, -0.2) is 4.98 Å². The van der Waals surface area contributed by atoms with E-state index in [4.69, 9.17) is 10.2 Å². The summed E-state index contributed by atoms with van der Waals surface area (Å²) in [7, 11) is 0. The van der Waals surface area contributed by atoms with Gasteiger partial charge in [0.15, 0.2) is 0 Å². The molecule has 1 fully saturated rings. The van der Waals surface area contributed by atoms with Crippen molar-refractivity contribution in [3.8, 4) is 0 Å². The quantitative estimate of drug-likeness (QED) is 0.799. The van der Waals surface area contributed by atoms with E-state index in [9.17, 15) is 0 Å². The first-order valence-electron chi connectivity index (χ1n) is 5.52. The highest BCUT2D eigenvalue weighted by Crippen LogP contribution is 2.28. The fraction of sp³-hybridized carbons (Fsp3) is 0.727. The molecule has 0 saturated heterocycles. The summed E-state index contributed by atoms with van der Waals surface area (Å²) < 4.78 is 5.46. The van der Waals surface area contributed by atoms with Crippen LogP contribution < -0.4 is 5.73 Å². The number of aromatic nitrogens is 1. The molecule has 2 rings (SSSR count). The molecule has 78 valence electrons. The summed E-state index contributed by atoms with van der Waals surface area (Å²) in [6, 6.07) is 0. The van der Waals surface area contributed by atoms with Crippen LogP contribution in [0.25, 0.3) is 0 Å². The van der Waals surface area contributed by atoms with Crippen molar-refractivity contribution >= 4 is 0 Å². The van der Waals surface area contributed by atoms with E-state index >= 15 is 0 Å². The first-order chi connectivity index (χ1) is 6.88. The summed E-state index contributed by atoms with van der Waals surface area (Å²) in [5, 5.41) is 0. The van der Waals surface area contributed by atoms with Crippen molar-refractivity contribution in [1.82, 2.24) is 4.98 Å². The second-order valence-corrected chi connectivity index (χ2v) is 4.11. The van der Waals surface area contributed by atoms with E-state index in [-0.39, 0.29) is 0 Å². The van der Waals surface area contributed by atoms with Gasteiger partial charge >= 0.3 is 0 Å². The molecule has 0 radical (unpaired) electrons. The maximum absolute atomic E-state index is 5.46. The third-order valence-corrected chi connectivity index (χ3v) is 3.05. The van der Waals surface area contributed by atoms with E-state index in [0.717, 1.165) is 18.1 Å². The number of hydrogen-bond donors (Lipinski definition) is 1. The number of aryl methyl sites for hydroxylation is 1. The molecule has 2 N–H and O–H groups in total. The van der Waals surface area contributed by atoms with Crippen LogP contribution in [-0.2, 0) is 13.0 Å². The van der Waals surface area contributed by atoms with Crippen molar-refractivity contribution in [3.05, 3.63) is 17.8 Å². The van der Waals surface area contributed by atoms with Gasteiger partial charge in [0, 0.05) is 6.42 Å². The molecule has 1 aromatic heterocycles. The molecule has 14 heavy (non-hydrogen) atoms. The lowest BCUT2D eigenvalue weighted by Gasteiger charge is -2.05. The number of oxazole rings is 1. The molecule has 0 aliphatic heterocycles. The van der Waals surface area contributed by atoms with Crippen LogP contribution in [0, 0.1) is 5.92 Å². The van der Waals surface area contributed by atoms with Crippen LogP contribution in [0.1, 0.15) is 43.8 Å². The average Bonchev–Trinajstić information content (AvgIpc) is 2.86. The van der Waals surface area contributed by atoms with Gasteiger partial charge in [-0.05, 0) is 12.3 Å². The van der Waals surface area contributed by atoms with E-state index in [1.54, 1.807) is 0 Å². The molecule has 0 amide bonds. The largest absolute Gasteiger partial charge is 0.444 e. The standard InChI is InChI=1S/C11H18N2O/c12-7-11-13-8-10(14-11)6-5-9-3-1-2-4-9/h8-9H,1-7,12H2. The predicted octanol–water partition coefficient (Wildman–Crippen LogP) is 2.26. The molecule has 3 heteroatoms. The van der Waals surface area contributed by atoms with Gasteiger partial charge < -0.3 is 10.2 Å². The molecule has 1 saturated carbocycles. The Morgan fingerprint density at radius 2 is 2.21 bits per heavy atom. The Hall–Kier alpha value is -0.830. The summed E-state index contributed by atoms with van der Waals surface area (Å²) in [6.45, 7) is 0.406. The van der Waals surface area contributed by atoms with Gasteiger partial charge in [0.25, 0.3) is 0 Å². The van der Waals surface area contributed by atoms with Gasteiger partial charge in [-0.2, -0.15) is 0 Å². The van der Waals surface area contributed by atoms with E-state index in [0.29, 0.717) is 12.4 Å². The highest BCUT2D eigenvalue weighted by molar-refractivity contribution is 4.94. The Morgan fingerprint density at radius 3 is 2.86 bits per heavy atom. The lowest BCUT2D eigenvalue weighted by atomic mass is 10.0. The predicted molar refractivity (Wildman–Crippen MR) is 54.7 cm³/mol. The van der Waals surface area contributed by atoms with Crippen LogP contribution in [0.2, 0.25) is 0 Å². The normalized spacial score (nSPS) is 17.8. The molecule has 0 bridgehead atoms. The fourth-order valence-corrected chi connectivity index (χ4v) is 2.20. The van der Waals surface area contributed by atoms with Crippen LogP contribution in [0.5, 0.6) is 0 Å². The summed E-state index contributed by atoms with van der Waals surface area (Å²) in [6.07, 6.45) is 9.72. The smallest absolute Gasteiger partial charge is 0.208 e. The monoisotopic (exact) mass is 194 g/mol. The minimum absolute atomic E-state index is 0.406. The lowest BCUT2D eigenvalue weighted by Crippen LogP contribution is -1.96. The third kappa shape index (κ3) is 2.35. The van der Waals surface area contributed by atoms with E-state index in [2.05, 4.69) is 4.98 Å². The van der Waals surface area contributed by atoms with Crippen molar-refractivity contribution in [2.24, 2.45) is 11.7 Å². The van der Waals surface area contributed by atoms with Crippen LogP contribution in [0.15, 0.2) is 10.6 Å². The molecule has 1 heterocycles. The minimum atomic E-state index is 0.406. The van der Waals surface area contributed by atoms with Crippen LogP contribution in [0.3, 0.4) is 0 Å². The Kier molecular flexibility index (Phi) is 3.19. The maximum Gasteiger partial charge on any atom is 0.208 e. The van der Waals surface area contributed by atoms with Crippen LogP contribution in [0.4, 0.5) is 0 Å². The van der Waals surface area contributed by atoms with Crippen molar-refractivity contribution in [2.75, 3.05) is 0 Å². The topological polar surface area (TPSA) is 52.0 Å². The second kappa shape index (κ2) is 4.60. The molecule has 1 aliphatic rings. The summed E-state index contributed by atoms with van der Waals surface area (Å²) in [5.41, 5.74) is 5.43. The zero-order valence-electron chi connectivity index (χ0n) is 8.54.